The van der Waals surface area contributed by atoms with Crippen LogP contribution in [0.5, 0.6) is 0 Å². The summed E-state index contributed by atoms with van der Waals surface area (Å²) >= 11 is 0. The Morgan fingerprint density at radius 3 is 2.72 bits per heavy atom. The van der Waals surface area contributed by atoms with Gasteiger partial charge in [0.15, 0.2) is 5.69 Å². The molecule has 1 saturated heterocycles. The summed E-state index contributed by atoms with van der Waals surface area (Å²) in [6.45, 7) is 5.73. The second-order valence-corrected chi connectivity index (χ2v) is 6.65. The molecule has 25 heavy (non-hydrogen) atoms. The van der Waals surface area contributed by atoms with Crippen LogP contribution in [0.4, 0.5) is 4.39 Å². The molecule has 2 aromatic rings. The first kappa shape index (κ1) is 17.5. The van der Waals surface area contributed by atoms with E-state index < -0.39 is 0 Å². The van der Waals surface area contributed by atoms with Gasteiger partial charge >= 0.3 is 0 Å². The highest BCUT2D eigenvalue weighted by atomic mass is 19.1. The SMILES string of the molecule is Cc1c(C(=O)N[C@@H](C)Cc2ccc(F)cc2)nnn1C1CCNCC1. The number of piperidine rings is 1. The second-order valence-electron chi connectivity index (χ2n) is 6.65. The molecule has 6 nitrogen and oxygen atoms in total. The monoisotopic (exact) mass is 345 g/mol. The summed E-state index contributed by atoms with van der Waals surface area (Å²) in [6.07, 6.45) is 2.62. The minimum atomic E-state index is -0.259. The quantitative estimate of drug-likeness (QED) is 0.870. The molecule has 1 aromatic carbocycles. The summed E-state index contributed by atoms with van der Waals surface area (Å²) in [6, 6.07) is 6.54. The highest BCUT2D eigenvalue weighted by Gasteiger charge is 2.23. The predicted octanol–water partition coefficient (Wildman–Crippen LogP) is 2.01. The third kappa shape index (κ3) is 4.22. The highest BCUT2D eigenvalue weighted by Crippen LogP contribution is 2.20. The van der Waals surface area contributed by atoms with E-state index in [0.29, 0.717) is 18.2 Å². The number of hydrogen-bond acceptors (Lipinski definition) is 4. The Morgan fingerprint density at radius 1 is 1.36 bits per heavy atom. The van der Waals surface area contributed by atoms with Crippen LogP contribution < -0.4 is 10.6 Å². The van der Waals surface area contributed by atoms with Crippen LogP contribution in [-0.4, -0.2) is 40.0 Å². The lowest BCUT2D eigenvalue weighted by molar-refractivity contribution is 0.0934. The predicted molar refractivity (Wildman–Crippen MR) is 92.9 cm³/mol. The number of carbonyl (C=O) groups excluding carboxylic acids is 1. The lowest BCUT2D eigenvalue weighted by Gasteiger charge is -2.23. The topological polar surface area (TPSA) is 71.8 Å². The molecule has 1 amide bonds. The van der Waals surface area contributed by atoms with Gasteiger partial charge in [-0.1, -0.05) is 17.3 Å². The molecule has 1 aliphatic heterocycles. The van der Waals surface area contributed by atoms with E-state index in [1.165, 1.54) is 12.1 Å². The molecule has 0 bridgehead atoms. The summed E-state index contributed by atoms with van der Waals surface area (Å²) in [5.41, 5.74) is 2.16. The highest BCUT2D eigenvalue weighted by molar-refractivity contribution is 5.93. The number of hydrogen-bond donors (Lipinski definition) is 2. The van der Waals surface area contributed by atoms with Crippen LogP contribution >= 0.6 is 0 Å². The van der Waals surface area contributed by atoms with Crippen molar-refractivity contribution in [1.82, 2.24) is 25.6 Å². The van der Waals surface area contributed by atoms with Gasteiger partial charge in [-0.2, -0.15) is 0 Å². The Hall–Kier alpha value is -2.28. The van der Waals surface area contributed by atoms with Crippen LogP contribution in [-0.2, 0) is 6.42 Å². The first-order chi connectivity index (χ1) is 12.0. The number of rotatable bonds is 5. The molecule has 0 unspecified atom stereocenters. The van der Waals surface area contributed by atoms with Crippen molar-refractivity contribution in [1.29, 1.82) is 0 Å². The normalized spacial score (nSPS) is 16.6. The van der Waals surface area contributed by atoms with Crippen LogP contribution in [0.25, 0.3) is 0 Å². The molecular formula is C18H24FN5O. The molecule has 1 aliphatic rings. The first-order valence-corrected chi connectivity index (χ1v) is 8.72. The van der Waals surface area contributed by atoms with Crippen LogP contribution in [0.15, 0.2) is 24.3 Å². The lowest BCUT2D eigenvalue weighted by atomic mass is 10.1. The Kier molecular flexibility index (Phi) is 5.43. The third-order valence-corrected chi connectivity index (χ3v) is 4.63. The number of nitrogens with zero attached hydrogens (tertiary/aromatic N) is 3. The van der Waals surface area contributed by atoms with E-state index in [9.17, 15) is 9.18 Å². The van der Waals surface area contributed by atoms with E-state index >= 15 is 0 Å². The van der Waals surface area contributed by atoms with E-state index in [0.717, 1.165) is 37.2 Å². The zero-order valence-electron chi connectivity index (χ0n) is 14.6. The Bertz CT molecular complexity index is 722. The minimum absolute atomic E-state index is 0.0820. The maximum Gasteiger partial charge on any atom is 0.273 e. The van der Waals surface area contributed by atoms with Crippen molar-refractivity contribution in [3.05, 3.63) is 47.0 Å². The second kappa shape index (κ2) is 7.74. The van der Waals surface area contributed by atoms with Crippen molar-refractivity contribution < 1.29 is 9.18 Å². The van der Waals surface area contributed by atoms with E-state index in [1.54, 1.807) is 12.1 Å². The molecule has 1 aromatic heterocycles. The number of nitrogens with one attached hydrogen (secondary N) is 2. The van der Waals surface area contributed by atoms with Gasteiger partial charge in [0.25, 0.3) is 5.91 Å². The van der Waals surface area contributed by atoms with Gasteiger partial charge < -0.3 is 10.6 Å². The summed E-state index contributed by atoms with van der Waals surface area (Å²) in [5.74, 6) is -0.474. The largest absolute Gasteiger partial charge is 0.348 e. The van der Waals surface area contributed by atoms with E-state index in [2.05, 4.69) is 20.9 Å². The Labute approximate surface area is 146 Å². The third-order valence-electron chi connectivity index (χ3n) is 4.63. The van der Waals surface area contributed by atoms with Crippen molar-refractivity contribution in [3.63, 3.8) is 0 Å². The molecule has 1 fully saturated rings. The molecule has 7 heteroatoms. The van der Waals surface area contributed by atoms with Gasteiger partial charge in [-0.25, -0.2) is 9.07 Å². The molecule has 0 spiro atoms. The van der Waals surface area contributed by atoms with Gasteiger partial charge in [-0.15, -0.1) is 5.10 Å². The van der Waals surface area contributed by atoms with Crippen molar-refractivity contribution in [2.75, 3.05) is 13.1 Å². The molecule has 0 saturated carbocycles. The van der Waals surface area contributed by atoms with Crippen LogP contribution in [0.1, 0.15) is 47.6 Å². The summed E-state index contributed by atoms with van der Waals surface area (Å²) in [7, 11) is 0. The Balaban J connectivity index is 1.62. The van der Waals surface area contributed by atoms with Gasteiger partial charge in [-0.05, 0) is 63.9 Å². The van der Waals surface area contributed by atoms with Crippen molar-refractivity contribution >= 4 is 5.91 Å². The van der Waals surface area contributed by atoms with Gasteiger partial charge in [0.2, 0.25) is 0 Å². The van der Waals surface area contributed by atoms with Gasteiger partial charge in [0, 0.05) is 6.04 Å². The standard InChI is InChI=1S/C18H24FN5O/c1-12(11-14-3-5-15(19)6-4-14)21-18(25)17-13(2)24(23-22-17)16-7-9-20-10-8-16/h3-6,12,16,20H,7-11H2,1-2H3,(H,21,25)/t12-/m0/s1. The minimum Gasteiger partial charge on any atom is -0.348 e. The summed E-state index contributed by atoms with van der Waals surface area (Å²) in [5, 5.41) is 14.6. The average molecular weight is 345 g/mol. The van der Waals surface area contributed by atoms with Gasteiger partial charge in [0.1, 0.15) is 5.82 Å². The van der Waals surface area contributed by atoms with Crippen molar-refractivity contribution in [2.24, 2.45) is 0 Å². The molecule has 1 atom stereocenters. The number of carbonyl (C=O) groups is 1. The van der Waals surface area contributed by atoms with Crippen LogP contribution in [0.2, 0.25) is 0 Å². The van der Waals surface area contributed by atoms with E-state index in [4.69, 9.17) is 0 Å². The van der Waals surface area contributed by atoms with Crippen LogP contribution in [0, 0.1) is 12.7 Å². The first-order valence-electron chi connectivity index (χ1n) is 8.72. The number of halogens is 1. The number of aromatic nitrogens is 3. The summed E-state index contributed by atoms with van der Waals surface area (Å²) in [4.78, 5) is 12.5. The smallest absolute Gasteiger partial charge is 0.273 e. The molecule has 0 radical (unpaired) electrons. The zero-order chi connectivity index (χ0) is 17.8. The van der Waals surface area contributed by atoms with Crippen LogP contribution in [0.3, 0.4) is 0 Å². The molecular weight excluding hydrogens is 321 g/mol. The lowest BCUT2D eigenvalue weighted by Crippen LogP contribution is -2.35. The van der Waals surface area contributed by atoms with Gasteiger partial charge in [0.05, 0.1) is 11.7 Å². The maximum absolute atomic E-state index is 13.0. The zero-order valence-corrected chi connectivity index (χ0v) is 14.6. The molecule has 3 rings (SSSR count). The molecule has 2 N–H and O–H groups in total. The maximum atomic E-state index is 13.0. The fourth-order valence-electron chi connectivity index (χ4n) is 3.27. The fraction of sp³-hybridized carbons (Fsp3) is 0.500. The summed E-state index contributed by atoms with van der Waals surface area (Å²) < 4.78 is 14.8. The fourth-order valence-corrected chi connectivity index (χ4v) is 3.27. The molecule has 0 aliphatic carbocycles. The van der Waals surface area contributed by atoms with E-state index in [-0.39, 0.29) is 17.8 Å². The van der Waals surface area contributed by atoms with Gasteiger partial charge in [-0.3, -0.25) is 4.79 Å². The van der Waals surface area contributed by atoms with Crippen molar-refractivity contribution in [3.8, 4) is 0 Å². The number of benzene rings is 1. The molecule has 2 heterocycles. The average Bonchev–Trinajstić information content (AvgIpc) is 2.99. The number of amides is 1. The van der Waals surface area contributed by atoms with Crippen molar-refractivity contribution in [2.45, 2.75) is 45.2 Å². The van der Waals surface area contributed by atoms with E-state index in [1.807, 2.05) is 18.5 Å². The Morgan fingerprint density at radius 2 is 2.04 bits per heavy atom. The molecule has 134 valence electrons.